The van der Waals surface area contributed by atoms with Crippen LogP contribution in [0.25, 0.3) is 0 Å². The minimum atomic E-state index is -0.850. The molecule has 12 heavy (non-hydrogen) atoms. The molecule has 1 N–H and O–H groups in total. The van der Waals surface area contributed by atoms with E-state index in [1.54, 1.807) is 6.92 Å². The van der Waals surface area contributed by atoms with Crippen molar-refractivity contribution in [1.82, 2.24) is 4.98 Å². The van der Waals surface area contributed by atoms with E-state index in [1.807, 2.05) is 0 Å². The molecule has 0 radical (unpaired) electrons. The van der Waals surface area contributed by atoms with Crippen molar-refractivity contribution in [2.24, 2.45) is 0 Å². The molecule has 0 saturated heterocycles. The van der Waals surface area contributed by atoms with E-state index in [0.717, 1.165) is 5.01 Å². The zero-order chi connectivity index (χ0) is 8.72. The number of thiazole rings is 1. The summed E-state index contributed by atoms with van der Waals surface area (Å²) < 4.78 is 0. The number of hydrogen-bond donors (Lipinski definition) is 1. The number of carboxylic acids is 1. The molecule has 0 atom stereocenters. The van der Waals surface area contributed by atoms with E-state index in [1.165, 1.54) is 24.2 Å². The summed E-state index contributed by atoms with van der Waals surface area (Å²) in [5.74, 6) is -0.293. The first-order valence-electron chi connectivity index (χ1n) is 3.89. The van der Waals surface area contributed by atoms with Crippen molar-refractivity contribution in [1.29, 1.82) is 0 Å². The van der Waals surface area contributed by atoms with Gasteiger partial charge < -0.3 is 5.11 Å². The second kappa shape index (κ2) is 2.55. The van der Waals surface area contributed by atoms with Gasteiger partial charge in [-0.25, -0.2) is 9.78 Å². The van der Waals surface area contributed by atoms with Gasteiger partial charge in [0.05, 0.1) is 10.7 Å². The molecule has 4 heteroatoms. The highest BCUT2D eigenvalue weighted by atomic mass is 32.1. The molecule has 0 aromatic carbocycles. The molecule has 0 amide bonds. The van der Waals surface area contributed by atoms with Gasteiger partial charge in [0.1, 0.15) is 4.88 Å². The minimum absolute atomic E-state index is 0.400. The summed E-state index contributed by atoms with van der Waals surface area (Å²) in [7, 11) is 0. The SMILES string of the molecule is Cc1nc(C2CC2)sc1C(=O)O. The van der Waals surface area contributed by atoms with E-state index in [9.17, 15) is 4.79 Å². The smallest absolute Gasteiger partial charge is 0.347 e. The number of aromatic nitrogens is 1. The van der Waals surface area contributed by atoms with Crippen molar-refractivity contribution in [3.63, 3.8) is 0 Å². The summed E-state index contributed by atoms with van der Waals surface area (Å²) in [5, 5.41) is 9.76. The molecule has 1 saturated carbocycles. The third-order valence-electron chi connectivity index (χ3n) is 1.93. The molecule has 2 rings (SSSR count). The summed E-state index contributed by atoms with van der Waals surface area (Å²) in [6.07, 6.45) is 2.35. The van der Waals surface area contributed by atoms with Crippen LogP contribution in [0.3, 0.4) is 0 Å². The zero-order valence-corrected chi connectivity index (χ0v) is 7.52. The average molecular weight is 183 g/mol. The van der Waals surface area contributed by atoms with Crippen molar-refractivity contribution in [3.8, 4) is 0 Å². The molecule has 1 aromatic heterocycles. The van der Waals surface area contributed by atoms with Gasteiger partial charge in [0.25, 0.3) is 0 Å². The van der Waals surface area contributed by atoms with Gasteiger partial charge in [0, 0.05) is 5.92 Å². The van der Waals surface area contributed by atoms with E-state index in [0.29, 0.717) is 16.5 Å². The highest BCUT2D eigenvalue weighted by molar-refractivity contribution is 7.13. The highest BCUT2D eigenvalue weighted by Crippen LogP contribution is 2.42. The van der Waals surface area contributed by atoms with Crippen LogP contribution >= 0.6 is 11.3 Å². The average Bonchev–Trinajstić information content (AvgIpc) is 2.75. The zero-order valence-electron chi connectivity index (χ0n) is 6.70. The first-order chi connectivity index (χ1) is 5.68. The molecule has 0 unspecified atom stereocenters. The maximum atomic E-state index is 10.6. The van der Waals surface area contributed by atoms with Gasteiger partial charge in [0.2, 0.25) is 0 Å². The fourth-order valence-electron chi connectivity index (χ4n) is 1.12. The van der Waals surface area contributed by atoms with Crippen LogP contribution in [0.4, 0.5) is 0 Å². The summed E-state index contributed by atoms with van der Waals surface area (Å²) in [6.45, 7) is 1.76. The van der Waals surface area contributed by atoms with Crippen LogP contribution in [0, 0.1) is 6.92 Å². The molecule has 1 aliphatic carbocycles. The monoisotopic (exact) mass is 183 g/mol. The van der Waals surface area contributed by atoms with Gasteiger partial charge in [-0.2, -0.15) is 0 Å². The lowest BCUT2D eigenvalue weighted by molar-refractivity contribution is 0.0701. The third kappa shape index (κ3) is 1.22. The molecular formula is C8H9NO2S. The largest absolute Gasteiger partial charge is 0.477 e. The topological polar surface area (TPSA) is 50.2 Å². The predicted molar refractivity (Wildman–Crippen MR) is 45.8 cm³/mol. The Kier molecular flexibility index (Phi) is 1.65. The van der Waals surface area contributed by atoms with Crippen molar-refractivity contribution in [3.05, 3.63) is 15.6 Å². The van der Waals surface area contributed by atoms with Crippen molar-refractivity contribution >= 4 is 17.3 Å². The van der Waals surface area contributed by atoms with Gasteiger partial charge >= 0.3 is 5.97 Å². The quantitative estimate of drug-likeness (QED) is 0.763. The Morgan fingerprint density at radius 2 is 2.33 bits per heavy atom. The van der Waals surface area contributed by atoms with Crippen LogP contribution in [0.15, 0.2) is 0 Å². The van der Waals surface area contributed by atoms with E-state index in [2.05, 4.69) is 4.98 Å². The number of aromatic carboxylic acids is 1. The molecular weight excluding hydrogens is 174 g/mol. The fourth-order valence-corrected chi connectivity index (χ4v) is 2.20. The van der Waals surface area contributed by atoms with Gasteiger partial charge in [-0.1, -0.05) is 0 Å². The number of carboxylic acid groups (broad SMARTS) is 1. The second-order valence-electron chi connectivity index (χ2n) is 3.05. The standard InChI is InChI=1S/C8H9NO2S/c1-4-6(8(10)11)12-7(9-4)5-2-3-5/h5H,2-3H2,1H3,(H,10,11). The van der Waals surface area contributed by atoms with Crippen molar-refractivity contribution < 1.29 is 9.90 Å². The fraction of sp³-hybridized carbons (Fsp3) is 0.500. The molecule has 3 nitrogen and oxygen atoms in total. The normalized spacial score (nSPS) is 16.4. The van der Waals surface area contributed by atoms with Gasteiger partial charge in [-0.15, -0.1) is 11.3 Å². The van der Waals surface area contributed by atoms with Crippen molar-refractivity contribution in [2.75, 3.05) is 0 Å². The summed E-state index contributed by atoms with van der Waals surface area (Å²) >= 11 is 1.33. The summed E-state index contributed by atoms with van der Waals surface area (Å²) in [4.78, 5) is 15.3. The number of rotatable bonds is 2. The van der Waals surface area contributed by atoms with Gasteiger partial charge in [-0.3, -0.25) is 0 Å². The maximum absolute atomic E-state index is 10.6. The molecule has 1 aromatic rings. The molecule has 0 bridgehead atoms. The lowest BCUT2D eigenvalue weighted by atomic mass is 10.4. The van der Waals surface area contributed by atoms with E-state index in [4.69, 9.17) is 5.11 Å². The first-order valence-corrected chi connectivity index (χ1v) is 4.70. The maximum Gasteiger partial charge on any atom is 0.347 e. The van der Waals surface area contributed by atoms with E-state index < -0.39 is 5.97 Å². The molecule has 0 spiro atoms. The number of carbonyl (C=O) groups is 1. The van der Waals surface area contributed by atoms with Crippen LogP contribution in [0.2, 0.25) is 0 Å². The molecule has 1 heterocycles. The second-order valence-corrected chi connectivity index (χ2v) is 4.08. The predicted octanol–water partition coefficient (Wildman–Crippen LogP) is 2.03. The summed E-state index contributed by atoms with van der Waals surface area (Å²) in [5.41, 5.74) is 0.661. The minimum Gasteiger partial charge on any atom is -0.477 e. The molecule has 1 aliphatic rings. The lowest BCUT2D eigenvalue weighted by Gasteiger charge is -1.84. The van der Waals surface area contributed by atoms with Crippen LogP contribution in [0.1, 0.15) is 39.1 Å². The number of aryl methyl sites for hydroxylation is 1. The lowest BCUT2D eigenvalue weighted by Crippen LogP contribution is -1.94. The Hall–Kier alpha value is -0.900. The summed E-state index contributed by atoms with van der Waals surface area (Å²) in [6, 6.07) is 0. The highest BCUT2D eigenvalue weighted by Gasteiger charge is 2.28. The molecule has 0 aliphatic heterocycles. The Balaban J connectivity index is 2.36. The Bertz CT molecular complexity index is 328. The van der Waals surface area contributed by atoms with E-state index in [-0.39, 0.29) is 0 Å². The Morgan fingerprint density at radius 3 is 2.75 bits per heavy atom. The Morgan fingerprint density at radius 1 is 1.67 bits per heavy atom. The third-order valence-corrected chi connectivity index (χ3v) is 3.24. The van der Waals surface area contributed by atoms with Crippen LogP contribution < -0.4 is 0 Å². The van der Waals surface area contributed by atoms with Gasteiger partial charge in [-0.05, 0) is 19.8 Å². The van der Waals surface area contributed by atoms with Crippen LogP contribution in [0.5, 0.6) is 0 Å². The number of nitrogens with zero attached hydrogens (tertiary/aromatic N) is 1. The Labute approximate surface area is 74.1 Å². The first kappa shape index (κ1) is 7.73. The molecule has 1 fully saturated rings. The molecule has 64 valence electrons. The van der Waals surface area contributed by atoms with Crippen LogP contribution in [-0.4, -0.2) is 16.1 Å². The van der Waals surface area contributed by atoms with Gasteiger partial charge in [0.15, 0.2) is 0 Å². The number of hydrogen-bond acceptors (Lipinski definition) is 3. The van der Waals surface area contributed by atoms with Crippen molar-refractivity contribution in [2.45, 2.75) is 25.7 Å². The van der Waals surface area contributed by atoms with E-state index >= 15 is 0 Å². The van der Waals surface area contributed by atoms with Crippen LogP contribution in [-0.2, 0) is 0 Å².